The molecule has 1 aliphatic heterocycles. The summed E-state index contributed by atoms with van der Waals surface area (Å²) < 4.78 is 0.282. The molecule has 1 aliphatic carbocycles. The third kappa shape index (κ3) is 2.01. The Morgan fingerprint density at radius 3 is 2.00 bits per heavy atom. The van der Waals surface area contributed by atoms with Gasteiger partial charge < -0.3 is 15.3 Å². The van der Waals surface area contributed by atoms with Crippen molar-refractivity contribution >= 4 is 29.5 Å². The van der Waals surface area contributed by atoms with E-state index >= 15 is 0 Å². The van der Waals surface area contributed by atoms with E-state index in [1.54, 1.807) is 6.07 Å². The lowest BCUT2D eigenvalue weighted by Gasteiger charge is -2.12. The normalized spacial score (nSPS) is 19.1. The Morgan fingerprint density at radius 2 is 1.65 bits per heavy atom. The lowest BCUT2D eigenvalue weighted by molar-refractivity contribution is -0.132. The Labute approximate surface area is 105 Å². The van der Waals surface area contributed by atoms with Gasteiger partial charge in [-0.05, 0) is 0 Å². The van der Waals surface area contributed by atoms with Crippen LogP contribution in [0.2, 0.25) is 0 Å². The van der Waals surface area contributed by atoms with Crippen molar-refractivity contribution in [1.82, 2.24) is 0 Å². The molecule has 1 fully saturated rings. The van der Waals surface area contributed by atoms with Crippen LogP contribution in [0.15, 0.2) is 31.1 Å². The van der Waals surface area contributed by atoms with Crippen LogP contribution in [0.4, 0.5) is 0 Å². The first-order valence-electron chi connectivity index (χ1n) is 4.62. The van der Waals surface area contributed by atoms with E-state index < -0.39 is 5.97 Å². The van der Waals surface area contributed by atoms with Crippen LogP contribution in [0.25, 0.3) is 0 Å². The molecule has 88 valence electrons. The summed E-state index contributed by atoms with van der Waals surface area (Å²) in [5.74, 6) is -1.04. The van der Waals surface area contributed by atoms with Crippen molar-refractivity contribution in [1.29, 1.82) is 5.26 Å². The van der Waals surface area contributed by atoms with E-state index in [1.165, 1.54) is 0 Å². The van der Waals surface area contributed by atoms with Gasteiger partial charge in [-0.3, -0.25) is 0 Å². The topological polar surface area (TPSA) is 102 Å². The van der Waals surface area contributed by atoms with Crippen molar-refractivity contribution in [2.75, 3.05) is 0 Å². The van der Waals surface area contributed by atoms with Gasteiger partial charge in [-0.2, -0.15) is 5.26 Å². The molecule has 0 amide bonds. The Hall–Kier alpha value is -1.52. The molecule has 0 aromatic heterocycles. The van der Waals surface area contributed by atoms with Gasteiger partial charge in [0.2, 0.25) is 0 Å². The standard InChI is InChI=1S/C10H7NO4S2/c11-3-4(9(14)15)10-16-7-5(12)1-2-6(13)8(7)17-10/h12-13H,1-2H2,(H,14,15). The molecule has 3 N–H and O–H groups in total. The van der Waals surface area contributed by atoms with Crippen LogP contribution in [0.5, 0.6) is 0 Å². The first-order chi connectivity index (χ1) is 8.04. The quantitative estimate of drug-likeness (QED) is 0.496. The van der Waals surface area contributed by atoms with Crippen LogP contribution < -0.4 is 0 Å². The summed E-state index contributed by atoms with van der Waals surface area (Å²) in [6.07, 6.45) is 0.668. The molecule has 5 nitrogen and oxygen atoms in total. The Kier molecular flexibility index (Phi) is 3.09. The first kappa shape index (κ1) is 12.0. The number of allylic oxidation sites excluding steroid dienone is 2. The number of aliphatic hydroxyl groups is 2. The Bertz CT molecular complexity index is 509. The second kappa shape index (κ2) is 4.39. The van der Waals surface area contributed by atoms with Gasteiger partial charge in [-0.25, -0.2) is 4.79 Å². The fourth-order valence-electron chi connectivity index (χ4n) is 1.43. The number of thioether (sulfide) groups is 2. The van der Waals surface area contributed by atoms with Crippen molar-refractivity contribution in [2.45, 2.75) is 12.8 Å². The maximum atomic E-state index is 10.8. The van der Waals surface area contributed by atoms with Gasteiger partial charge in [0, 0.05) is 12.8 Å². The molecular weight excluding hydrogens is 262 g/mol. The molecule has 7 heteroatoms. The molecule has 17 heavy (non-hydrogen) atoms. The van der Waals surface area contributed by atoms with Crippen LogP contribution in [0.3, 0.4) is 0 Å². The van der Waals surface area contributed by atoms with Gasteiger partial charge >= 0.3 is 5.97 Å². The molecule has 0 aromatic rings. The fourth-order valence-corrected chi connectivity index (χ4v) is 4.04. The molecule has 0 saturated carbocycles. The maximum Gasteiger partial charge on any atom is 0.348 e. The molecule has 1 saturated heterocycles. The number of aliphatic carboxylic acids is 1. The van der Waals surface area contributed by atoms with Gasteiger partial charge in [0.1, 0.15) is 17.6 Å². The van der Waals surface area contributed by atoms with Gasteiger partial charge in [0.25, 0.3) is 0 Å². The van der Waals surface area contributed by atoms with Gasteiger partial charge in [-0.15, -0.1) is 0 Å². The van der Waals surface area contributed by atoms with Crippen LogP contribution in [-0.2, 0) is 4.79 Å². The number of carboxylic acids is 1. The number of rotatable bonds is 1. The summed E-state index contributed by atoms with van der Waals surface area (Å²) in [6, 6.07) is 1.61. The SMILES string of the molecule is N#CC(C(=O)O)=C1SC2=C(O)CCC(O)=C2S1. The largest absolute Gasteiger partial charge is 0.511 e. The third-order valence-electron chi connectivity index (χ3n) is 2.25. The van der Waals surface area contributed by atoms with E-state index in [-0.39, 0.29) is 21.3 Å². The van der Waals surface area contributed by atoms with Crippen molar-refractivity contribution in [3.8, 4) is 6.07 Å². The zero-order chi connectivity index (χ0) is 12.6. The number of carboxylic acid groups (broad SMARTS) is 1. The average molecular weight is 269 g/mol. The number of aliphatic hydroxyl groups excluding tert-OH is 2. The van der Waals surface area contributed by atoms with Crippen molar-refractivity contribution in [3.05, 3.63) is 31.1 Å². The lowest BCUT2D eigenvalue weighted by Crippen LogP contribution is -1.98. The van der Waals surface area contributed by atoms with E-state index in [2.05, 4.69) is 0 Å². The average Bonchev–Trinajstić information content (AvgIpc) is 2.70. The number of nitriles is 1. The molecular formula is C10H7NO4S2. The molecule has 0 bridgehead atoms. The summed E-state index contributed by atoms with van der Waals surface area (Å²) in [6.45, 7) is 0. The van der Waals surface area contributed by atoms with Crippen molar-refractivity contribution in [2.24, 2.45) is 0 Å². The van der Waals surface area contributed by atoms with E-state index in [0.29, 0.717) is 22.7 Å². The van der Waals surface area contributed by atoms with Crippen LogP contribution in [-0.4, -0.2) is 21.3 Å². The minimum absolute atomic E-state index is 0.132. The van der Waals surface area contributed by atoms with E-state index in [4.69, 9.17) is 10.4 Å². The zero-order valence-corrected chi connectivity index (χ0v) is 10.1. The highest BCUT2D eigenvalue weighted by atomic mass is 32.2. The van der Waals surface area contributed by atoms with E-state index in [0.717, 1.165) is 23.5 Å². The summed E-state index contributed by atoms with van der Waals surface area (Å²) in [7, 11) is 0. The zero-order valence-electron chi connectivity index (χ0n) is 8.43. The summed E-state index contributed by atoms with van der Waals surface area (Å²) in [4.78, 5) is 11.7. The molecule has 2 aliphatic rings. The second-order valence-electron chi connectivity index (χ2n) is 3.34. The minimum Gasteiger partial charge on any atom is -0.511 e. The molecule has 0 radical (unpaired) electrons. The van der Waals surface area contributed by atoms with Gasteiger partial charge in [0.15, 0.2) is 5.57 Å². The number of fused-ring (bicyclic) bond motifs is 1. The Morgan fingerprint density at radius 1 is 1.18 bits per heavy atom. The summed E-state index contributed by atoms with van der Waals surface area (Å²) in [5.41, 5.74) is -0.366. The minimum atomic E-state index is -1.30. The predicted octanol–water partition coefficient (Wildman–Crippen LogP) is 2.62. The van der Waals surface area contributed by atoms with Gasteiger partial charge in [-0.1, -0.05) is 23.5 Å². The molecule has 2 rings (SSSR count). The molecule has 0 aromatic carbocycles. The van der Waals surface area contributed by atoms with Gasteiger partial charge in [0.05, 0.1) is 14.0 Å². The molecule has 0 unspecified atom stereocenters. The first-order valence-corrected chi connectivity index (χ1v) is 6.26. The van der Waals surface area contributed by atoms with Crippen LogP contribution in [0.1, 0.15) is 12.8 Å². The fraction of sp³-hybridized carbons (Fsp3) is 0.200. The highest BCUT2D eigenvalue weighted by Crippen LogP contribution is 2.57. The van der Waals surface area contributed by atoms with Crippen molar-refractivity contribution in [3.63, 3.8) is 0 Å². The molecule has 0 spiro atoms. The number of hydrogen-bond donors (Lipinski definition) is 3. The maximum absolute atomic E-state index is 10.8. The summed E-state index contributed by atoms with van der Waals surface area (Å²) >= 11 is 2.04. The highest BCUT2D eigenvalue weighted by molar-refractivity contribution is 8.29. The third-order valence-corrected chi connectivity index (χ3v) is 4.94. The Balaban J connectivity index is 2.50. The highest BCUT2D eigenvalue weighted by Gasteiger charge is 2.33. The van der Waals surface area contributed by atoms with Crippen LogP contribution >= 0.6 is 23.5 Å². The van der Waals surface area contributed by atoms with Crippen molar-refractivity contribution < 1.29 is 20.1 Å². The number of carbonyl (C=O) groups is 1. The lowest BCUT2D eigenvalue weighted by atomic mass is 10.1. The molecule has 0 atom stereocenters. The van der Waals surface area contributed by atoms with Crippen LogP contribution in [0, 0.1) is 11.3 Å². The second-order valence-corrected chi connectivity index (χ2v) is 5.63. The van der Waals surface area contributed by atoms with E-state index in [9.17, 15) is 15.0 Å². The molecule has 1 heterocycles. The number of hydrogen-bond acceptors (Lipinski definition) is 6. The number of nitrogens with zero attached hydrogens (tertiary/aromatic N) is 1. The smallest absolute Gasteiger partial charge is 0.348 e. The van der Waals surface area contributed by atoms with E-state index in [1.807, 2.05) is 0 Å². The predicted molar refractivity (Wildman–Crippen MR) is 64.0 cm³/mol. The summed E-state index contributed by atoms with van der Waals surface area (Å²) in [5, 5.41) is 36.9. The monoisotopic (exact) mass is 269 g/mol.